The molecule has 0 radical (unpaired) electrons. The minimum absolute atomic E-state index is 0.738. The lowest BCUT2D eigenvalue weighted by Gasteiger charge is -2.24. The first-order valence-electron chi connectivity index (χ1n) is 6.55. The molecule has 0 saturated heterocycles. The highest BCUT2D eigenvalue weighted by Gasteiger charge is 2.30. The molecule has 3 heteroatoms. The van der Waals surface area contributed by atoms with Crippen LogP contribution in [0.3, 0.4) is 0 Å². The van der Waals surface area contributed by atoms with E-state index in [-0.39, 0.29) is 0 Å². The molecule has 0 aliphatic heterocycles. The number of hydrogen-bond donors (Lipinski definition) is 1. The summed E-state index contributed by atoms with van der Waals surface area (Å²) < 4.78 is 0. The summed E-state index contributed by atoms with van der Waals surface area (Å²) in [5.74, 6) is 0.954. The second-order valence-corrected chi connectivity index (χ2v) is 6.66. The monoisotopic (exact) mass is 252 g/mol. The maximum atomic E-state index is 3.23. The third-order valence-electron chi connectivity index (χ3n) is 3.84. The van der Waals surface area contributed by atoms with Gasteiger partial charge < -0.3 is 5.32 Å². The Morgan fingerprint density at radius 2 is 2.24 bits per heavy atom. The van der Waals surface area contributed by atoms with E-state index in [1.165, 1.54) is 28.2 Å². The van der Waals surface area contributed by atoms with Gasteiger partial charge in [-0.15, -0.1) is 11.3 Å². The Morgan fingerprint density at radius 1 is 1.53 bits per heavy atom. The summed E-state index contributed by atoms with van der Waals surface area (Å²) in [5, 5.41) is 3.23. The molecule has 1 saturated carbocycles. The van der Waals surface area contributed by atoms with Crippen LogP contribution >= 0.6 is 11.3 Å². The van der Waals surface area contributed by atoms with Crippen molar-refractivity contribution in [2.24, 2.45) is 5.92 Å². The van der Waals surface area contributed by atoms with Crippen LogP contribution in [0.4, 0.5) is 0 Å². The van der Waals surface area contributed by atoms with Crippen LogP contribution in [0.25, 0.3) is 0 Å². The van der Waals surface area contributed by atoms with Gasteiger partial charge in [0.25, 0.3) is 0 Å². The maximum absolute atomic E-state index is 3.23. The molecule has 17 heavy (non-hydrogen) atoms. The third kappa shape index (κ3) is 3.30. The van der Waals surface area contributed by atoms with Gasteiger partial charge in [-0.3, -0.25) is 4.90 Å². The molecule has 1 fully saturated rings. The molecule has 0 spiro atoms. The van der Waals surface area contributed by atoms with E-state index in [0.29, 0.717) is 0 Å². The first kappa shape index (κ1) is 13.1. The highest BCUT2D eigenvalue weighted by Crippen LogP contribution is 2.35. The van der Waals surface area contributed by atoms with Gasteiger partial charge in [0.15, 0.2) is 0 Å². The zero-order valence-corrected chi connectivity index (χ0v) is 12.2. The van der Waals surface area contributed by atoms with Crippen LogP contribution in [0.2, 0.25) is 0 Å². The van der Waals surface area contributed by atoms with Gasteiger partial charge in [-0.25, -0.2) is 0 Å². The van der Waals surface area contributed by atoms with Crippen LogP contribution in [-0.4, -0.2) is 25.0 Å². The van der Waals surface area contributed by atoms with E-state index >= 15 is 0 Å². The number of nitrogens with zero attached hydrogens (tertiary/aromatic N) is 1. The summed E-state index contributed by atoms with van der Waals surface area (Å²) in [5.41, 5.74) is 1.51. The van der Waals surface area contributed by atoms with Crippen LogP contribution in [-0.2, 0) is 13.1 Å². The summed E-state index contributed by atoms with van der Waals surface area (Å²) in [6, 6.07) is 3.11. The van der Waals surface area contributed by atoms with Crippen molar-refractivity contribution in [3.8, 4) is 0 Å². The third-order valence-corrected chi connectivity index (χ3v) is 4.93. The van der Waals surface area contributed by atoms with Crippen LogP contribution in [0.5, 0.6) is 0 Å². The lowest BCUT2D eigenvalue weighted by molar-refractivity contribution is 0.226. The molecule has 1 aromatic heterocycles. The molecule has 1 atom stereocenters. The second kappa shape index (κ2) is 5.51. The Morgan fingerprint density at radius 3 is 2.82 bits per heavy atom. The molecular formula is C14H24N2S. The van der Waals surface area contributed by atoms with E-state index in [2.05, 4.69) is 37.2 Å². The molecule has 0 aromatic carbocycles. The summed E-state index contributed by atoms with van der Waals surface area (Å²) in [7, 11) is 4.27. The van der Waals surface area contributed by atoms with Gasteiger partial charge in [0.1, 0.15) is 0 Å². The largest absolute Gasteiger partial charge is 0.315 e. The van der Waals surface area contributed by atoms with Crippen molar-refractivity contribution in [3.63, 3.8) is 0 Å². The van der Waals surface area contributed by atoms with Gasteiger partial charge >= 0.3 is 0 Å². The average Bonchev–Trinajstić information content (AvgIpc) is 3.06. The first-order chi connectivity index (χ1) is 8.11. The molecule has 1 aliphatic rings. The lowest BCUT2D eigenvalue weighted by Crippen LogP contribution is -2.30. The van der Waals surface area contributed by atoms with Crippen molar-refractivity contribution < 1.29 is 0 Å². The lowest BCUT2D eigenvalue weighted by atomic mass is 10.1. The van der Waals surface area contributed by atoms with Crippen LogP contribution in [0.15, 0.2) is 6.07 Å². The van der Waals surface area contributed by atoms with Gasteiger partial charge in [-0.05, 0) is 58.3 Å². The van der Waals surface area contributed by atoms with E-state index in [9.17, 15) is 0 Å². The van der Waals surface area contributed by atoms with Crippen molar-refractivity contribution in [1.29, 1.82) is 0 Å². The van der Waals surface area contributed by atoms with Crippen molar-refractivity contribution in [3.05, 3.63) is 21.4 Å². The fourth-order valence-electron chi connectivity index (χ4n) is 2.36. The van der Waals surface area contributed by atoms with Crippen LogP contribution < -0.4 is 5.32 Å². The topological polar surface area (TPSA) is 15.3 Å². The van der Waals surface area contributed by atoms with Gasteiger partial charge in [-0.2, -0.15) is 0 Å². The normalized spacial score (nSPS) is 17.7. The van der Waals surface area contributed by atoms with Gasteiger partial charge in [0, 0.05) is 28.9 Å². The number of rotatable bonds is 6. The SMILES string of the molecule is CNCc1cc(CN(C)C(C)C2CC2)c(C)s1. The van der Waals surface area contributed by atoms with Gasteiger partial charge in [0.2, 0.25) is 0 Å². The van der Waals surface area contributed by atoms with Gasteiger partial charge in [-0.1, -0.05) is 0 Å². The fourth-order valence-corrected chi connectivity index (χ4v) is 3.42. The second-order valence-electron chi connectivity index (χ2n) is 5.32. The molecule has 1 heterocycles. The highest BCUT2D eigenvalue weighted by molar-refractivity contribution is 7.12. The first-order valence-corrected chi connectivity index (χ1v) is 7.36. The number of hydrogen-bond acceptors (Lipinski definition) is 3. The van der Waals surface area contributed by atoms with E-state index < -0.39 is 0 Å². The Bertz CT molecular complexity index is 368. The minimum Gasteiger partial charge on any atom is -0.315 e. The number of nitrogens with one attached hydrogen (secondary N) is 1. The van der Waals surface area contributed by atoms with E-state index in [1.54, 1.807) is 0 Å². The standard InChI is InChI=1S/C14H24N2S/c1-10(12-5-6-12)16(4)9-13-7-14(8-15-3)17-11(13)2/h7,10,12,15H,5-6,8-9H2,1-4H3. The Labute approximate surface area is 109 Å². The predicted molar refractivity (Wildman–Crippen MR) is 75.5 cm³/mol. The molecule has 2 nitrogen and oxygen atoms in total. The molecule has 2 rings (SSSR count). The predicted octanol–water partition coefficient (Wildman–Crippen LogP) is 3.01. The van der Waals surface area contributed by atoms with Crippen molar-refractivity contribution in [2.45, 2.75) is 45.8 Å². The molecule has 1 aromatic rings. The summed E-state index contributed by atoms with van der Waals surface area (Å²) >= 11 is 1.93. The fraction of sp³-hybridized carbons (Fsp3) is 0.714. The minimum atomic E-state index is 0.738. The maximum Gasteiger partial charge on any atom is 0.0296 e. The number of aryl methyl sites for hydroxylation is 1. The molecule has 1 unspecified atom stereocenters. The molecular weight excluding hydrogens is 228 g/mol. The Hall–Kier alpha value is -0.380. The quantitative estimate of drug-likeness (QED) is 0.837. The van der Waals surface area contributed by atoms with E-state index in [1.807, 2.05) is 18.4 Å². The van der Waals surface area contributed by atoms with Crippen molar-refractivity contribution in [1.82, 2.24) is 10.2 Å². The highest BCUT2D eigenvalue weighted by atomic mass is 32.1. The molecule has 1 N–H and O–H groups in total. The Balaban J connectivity index is 1.96. The molecule has 1 aliphatic carbocycles. The van der Waals surface area contributed by atoms with E-state index in [0.717, 1.165) is 25.0 Å². The summed E-state index contributed by atoms with van der Waals surface area (Å²) in [6.45, 7) is 6.71. The Kier molecular flexibility index (Phi) is 4.23. The molecule has 0 amide bonds. The zero-order valence-electron chi connectivity index (χ0n) is 11.4. The number of thiophene rings is 1. The summed E-state index contributed by atoms with van der Waals surface area (Å²) in [4.78, 5) is 5.44. The van der Waals surface area contributed by atoms with Crippen molar-refractivity contribution in [2.75, 3.05) is 14.1 Å². The molecule has 0 bridgehead atoms. The van der Waals surface area contributed by atoms with Crippen LogP contribution in [0, 0.1) is 12.8 Å². The summed E-state index contributed by atoms with van der Waals surface area (Å²) in [6.07, 6.45) is 2.86. The zero-order chi connectivity index (χ0) is 12.4. The van der Waals surface area contributed by atoms with Gasteiger partial charge in [0.05, 0.1) is 0 Å². The van der Waals surface area contributed by atoms with E-state index in [4.69, 9.17) is 0 Å². The smallest absolute Gasteiger partial charge is 0.0296 e. The van der Waals surface area contributed by atoms with Crippen LogP contribution in [0.1, 0.15) is 35.1 Å². The van der Waals surface area contributed by atoms with Crippen molar-refractivity contribution >= 4 is 11.3 Å². The molecule has 96 valence electrons. The average molecular weight is 252 g/mol.